The van der Waals surface area contributed by atoms with E-state index in [0.29, 0.717) is 10.9 Å². The highest BCUT2D eigenvalue weighted by molar-refractivity contribution is 5.76. The van der Waals surface area contributed by atoms with Gasteiger partial charge in [-0.25, -0.2) is 10.3 Å². The molecule has 1 aromatic heterocycles. The molecule has 0 aliphatic carbocycles. The molecule has 3 aromatic rings. The lowest BCUT2D eigenvalue weighted by molar-refractivity contribution is 0.239. The number of para-hydroxylation sites is 2. The van der Waals surface area contributed by atoms with Crippen LogP contribution in [-0.4, -0.2) is 9.97 Å². The van der Waals surface area contributed by atoms with Crippen molar-refractivity contribution in [2.45, 2.75) is 0 Å². The van der Waals surface area contributed by atoms with Crippen molar-refractivity contribution in [3.05, 3.63) is 81.1 Å². The van der Waals surface area contributed by atoms with Gasteiger partial charge in [0.1, 0.15) is 0 Å². The van der Waals surface area contributed by atoms with E-state index in [9.17, 15) is 9.59 Å². The fourth-order valence-electron chi connectivity index (χ4n) is 2.05. The van der Waals surface area contributed by atoms with E-state index >= 15 is 0 Å². The summed E-state index contributed by atoms with van der Waals surface area (Å²) in [6.45, 7) is 0. The van der Waals surface area contributed by atoms with E-state index < -0.39 is 5.69 Å². The van der Waals surface area contributed by atoms with Gasteiger partial charge in [0.05, 0.1) is 10.9 Å². The van der Waals surface area contributed by atoms with E-state index in [2.05, 4.69) is 15.4 Å². The summed E-state index contributed by atoms with van der Waals surface area (Å²) >= 11 is 0. The van der Waals surface area contributed by atoms with Gasteiger partial charge in [0, 0.05) is 11.8 Å². The van der Waals surface area contributed by atoms with Crippen LogP contribution in [0.4, 0.5) is 0 Å². The molecule has 22 heavy (non-hydrogen) atoms. The third-order valence-corrected chi connectivity index (χ3v) is 3.07. The summed E-state index contributed by atoms with van der Waals surface area (Å²) in [4.78, 5) is 31.7. The summed E-state index contributed by atoms with van der Waals surface area (Å²) < 4.78 is 0. The van der Waals surface area contributed by atoms with Gasteiger partial charge in [0.2, 0.25) is 0 Å². The molecule has 4 rings (SSSR count). The average molecular weight is 295 g/mol. The molecule has 1 aliphatic rings. The minimum Gasteiger partial charge on any atom is -0.382 e. The average Bonchev–Trinajstić information content (AvgIpc) is 2.55. The monoisotopic (exact) mass is 295 g/mol. The van der Waals surface area contributed by atoms with E-state index in [4.69, 9.17) is 4.84 Å². The van der Waals surface area contributed by atoms with E-state index in [0.717, 1.165) is 11.3 Å². The van der Waals surface area contributed by atoms with Crippen molar-refractivity contribution >= 4 is 17.0 Å². The second kappa shape index (κ2) is 6.01. The molecule has 3 N–H and O–H groups in total. The van der Waals surface area contributed by atoms with Crippen molar-refractivity contribution < 1.29 is 4.84 Å². The van der Waals surface area contributed by atoms with Gasteiger partial charge in [0.25, 0.3) is 5.56 Å². The Labute approximate surface area is 125 Å². The highest BCUT2D eigenvalue weighted by Gasteiger charge is 2.01. The zero-order chi connectivity index (χ0) is 15.4. The first-order chi connectivity index (χ1) is 10.7. The normalized spacial score (nSPS) is 11.6. The Morgan fingerprint density at radius 3 is 2.50 bits per heavy atom. The highest BCUT2D eigenvalue weighted by atomic mass is 16.6. The van der Waals surface area contributed by atoms with Crippen molar-refractivity contribution in [1.29, 1.82) is 0 Å². The molecule has 110 valence electrons. The Morgan fingerprint density at radius 2 is 1.64 bits per heavy atom. The van der Waals surface area contributed by atoms with Gasteiger partial charge in [-0.1, -0.05) is 30.3 Å². The van der Waals surface area contributed by atoms with Gasteiger partial charge in [0.15, 0.2) is 5.75 Å². The van der Waals surface area contributed by atoms with Crippen LogP contribution in [0.2, 0.25) is 0 Å². The van der Waals surface area contributed by atoms with Crippen molar-refractivity contribution in [3.8, 4) is 5.75 Å². The molecule has 0 fully saturated rings. The maximum Gasteiger partial charge on any atom is 0.326 e. The molecule has 0 radical (unpaired) electrons. The van der Waals surface area contributed by atoms with Gasteiger partial charge in [-0.2, -0.15) is 0 Å². The molecule has 0 amide bonds. The second-order valence-electron chi connectivity index (χ2n) is 4.54. The maximum absolute atomic E-state index is 11.1. The van der Waals surface area contributed by atoms with Crippen molar-refractivity contribution in [2.75, 3.05) is 0 Å². The molecule has 0 atom stereocenters. The molecule has 0 unspecified atom stereocenters. The molecular formula is C16H13N3O3. The largest absolute Gasteiger partial charge is 0.382 e. The summed E-state index contributed by atoms with van der Waals surface area (Å²) in [5.41, 5.74) is 3.51. The van der Waals surface area contributed by atoms with Gasteiger partial charge in [-0.05, 0) is 24.3 Å². The van der Waals surface area contributed by atoms with Crippen LogP contribution >= 0.6 is 0 Å². The summed E-state index contributed by atoms with van der Waals surface area (Å²) in [6.07, 6.45) is 3.74. The molecule has 6 nitrogen and oxygen atoms in total. The van der Waals surface area contributed by atoms with E-state index in [-0.39, 0.29) is 5.56 Å². The van der Waals surface area contributed by atoms with Crippen LogP contribution in [0.1, 0.15) is 5.56 Å². The van der Waals surface area contributed by atoms with Crippen LogP contribution in [0.25, 0.3) is 17.0 Å². The zero-order valence-electron chi connectivity index (χ0n) is 11.5. The number of hydroxylamine groups is 1. The molecule has 0 spiro atoms. The number of hydrogen-bond donors (Lipinski definition) is 3. The molecule has 2 heterocycles. The number of nitrogens with one attached hydrogen (secondary N) is 3. The molecule has 0 saturated carbocycles. The minimum atomic E-state index is -0.473. The Kier molecular flexibility index (Phi) is 3.74. The van der Waals surface area contributed by atoms with E-state index in [1.807, 2.05) is 30.3 Å². The number of rotatable bonds is 0. The first kappa shape index (κ1) is 13.7. The number of fused-ring (bicyclic) bond motifs is 2. The lowest BCUT2D eigenvalue weighted by atomic mass is 10.2. The summed E-state index contributed by atoms with van der Waals surface area (Å²) in [6, 6.07) is 14.7. The predicted molar refractivity (Wildman–Crippen MR) is 84.4 cm³/mol. The SMILES string of the molecule is C1=Cc2ccccc2ON1.O=c1[nH]c(=O)c2ccccc2[nH]1. The molecule has 1 aliphatic heterocycles. The quantitative estimate of drug-likeness (QED) is 0.590. The van der Waals surface area contributed by atoms with E-state index in [1.54, 1.807) is 30.5 Å². The van der Waals surface area contributed by atoms with Crippen LogP contribution in [-0.2, 0) is 0 Å². The summed E-state index contributed by atoms with van der Waals surface area (Å²) in [5.74, 6) is 0.880. The Hall–Kier alpha value is -3.28. The van der Waals surface area contributed by atoms with Crippen LogP contribution < -0.4 is 21.6 Å². The van der Waals surface area contributed by atoms with Crippen LogP contribution in [0, 0.1) is 0 Å². The van der Waals surface area contributed by atoms with Crippen LogP contribution in [0.3, 0.4) is 0 Å². The maximum atomic E-state index is 11.1. The van der Waals surface area contributed by atoms with Gasteiger partial charge < -0.3 is 9.82 Å². The molecule has 2 aromatic carbocycles. The third-order valence-electron chi connectivity index (χ3n) is 3.07. The van der Waals surface area contributed by atoms with Gasteiger partial charge >= 0.3 is 5.69 Å². The van der Waals surface area contributed by atoms with Crippen LogP contribution in [0.15, 0.2) is 64.3 Å². The minimum absolute atomic E-state index is 0.352. The van der Waals surface area contributed by atoms with Gasteiger partial charge in [-0.3, -0.25) is 9.78 Å². The first-order valence-corrected chi connectivity index (χ1v) is 6.63. The van der Waals surface area contributed by atoms with Gasteiger partial charge in [-0.15, -0.1) is 0 Å². The Balaban J connectivity index is 0.000000133. The number of benzene rings is 2. The Morgan fingerprint density at radius 1 is 0.864 bits per heavy atom. The molecular weight excluding hydrogens is 282 g/mol. The number of aromatic amines is 2. The number of aromatic nitrogens is 2. The predicted octanol–water partition coefficient (Wildman–Crippen LogP) is 1.77. The first-order valence-electron chi connectivity index (χ1n) is 6.63. The van der Waals surface area contributed by atoms with Crippen molar-refractivity contribution in [1.82, 2.24) is 15.4 Å². The highest BCUT2D eigenvalue weighted by Crippen LogP contribution is 2.20. The fourth-order valence-corrected chi connectivity index (χ4v) is 2.05. The van der Waals surface area contributed by atoms with E-state index in [1.165, 1.54) is 0 Å². The van der Waals surface area contributed by atoms with Crippen LogP contribution in [0.5, 0.6) is 5.75 Å². The fraction of sp³-hybridized carbons (Fsp3) is 0. The smallest absolute Gasteiger partial charge is 0.326 e. The lowest BCUT2D eigenvalue weighted by Gasteiger charge is -2.11. The third kappa shape index (κ3) is 2.90. The zero-order valence-corrected chi connectivity index (χ0v) is 11.5. The van der Waals surface area contributed by atoms with Crippen molar-refractivity contribution in [2.24, 2.45) is 0 Å². The standard InChI is InChI=1S/C8H6N2O2.C8H7NO/c11-7-5-3-1-2-4-6(5)9-8(12)10-7;1-2-4-8-7(3-1)5-6-9-10-8/h1-4H,(H2,9,10,11,12);1-6,9H. The number of hydrogen-bond acceptors (Lipinski definition) is 4. The Bertz CT molecular complexity index is 941. The second-order valence-corrected chi connectivity index (χ2v) is 4.54. The number of H-pyrrole nitrogens is 2. The summed E-state index contributed by atoms with van der Waals surface area (Å²) in [7, 11) is 0. The topological polar surface area (TPSA) is 87.0 Å². The molecule has 0 bridgehead atoms. The van der Waals surface area contributed by atoms with Crippen molar-refractivity contribution in [3.63, 3.8) is 0 Å². The lowest BCUT2D eigenvalue weighted by Crippen LogP contribution is -2.21. The molecule has 0 saturated heterocycles. The summed E-state index contributed by atoms with van der Waals surface area (Å²) in [5, 5.41) is 0.497. The molecule has 6 heteroatoms.